The van der Waals surface area contributed by atoms with Gasteiger partial charge in [-0.1, -0.05) is 38.1 Å². The van der Waals surface area contributed by atoms with Crippen molar-refractivity contribution in [3.05, 3.63) is 65.4 Å². The molecule has 0 aliphatic heterocycles. The van der Waals surface area contributed by atoms with Crippen molar-refractivity contribution in [1.29, 1.82) is 0 Å². The Bertz CT molecular complexity index is 1040. The van der Waals surface area contributed by atoms with Crippen LogP contribution in [0.5, 0.6) is 0 Å². The van der Waals surface area contributed by atoms with Gasteiger partial charge in [-0.05, 0) is 54.7 Å². The molecule has 3 aromatic rings. The van der Waals surface area contributed by atoms with Gasteiger partial charge >= 0.3 is 6.09 Å². The number of H-pyrrole nitrogens is 1. The Morgan fingerprint density at radius 2 is 1.83 bits per heavy atom. The van der Waals surface area contributed by atoms with Gasteiger partial charge in [0.05, 0.1) is 6.61 Å². The van der Waals surface area contributed by atoms with E-state index < -0.39 is 12.1 Å². The highest BCUT2D eigenvalue weighted by Gasteiger charge is 2.24. The Kier molecular flexibility index (Phi) is 6.77. The van der Waals surface area contributed by atoms with E-state index in [2.05, 4.69) is 15.6 Å². The zero-order chi connectivity index (χ0) is 21.7. The summed E-state index contributed by atoms with van der Waals surface area (Å²) >= 11 is 0. The predicted molar refractivity (Wildman–Crippen MR) is 120 cm³/mol. The fourth-order valence-corrected chi connectivity index (χ4v) is 3.20. The maximum atomic E-state index is 13.1. The number of para-hydroxylation sites is 1. The Labute approximate surface area is 177 Å². The summed E-state index contributed by atoms with van der Waals surface area (Å²) in [5.74, 6) is -0.0720. The summed E-state index contributed by atoms with van der Waals surface area (Å²) in [4.78, 5) is 28.6. The average Bonchev–Trinajstić information content (AvgIpc) is 3.11. The molecule has 0 bridgehead atoms. The van der Waals surface area contributed by atoms with E-state index in [1.54, 1.807) is 0 Å². The second kappa shape index (κ2) is 9.48. The molecular formula is C24H29N3O3. The molecule has 0 unspecified atom stereocenters. The molecule has 0 radical (unpaired) electrons. The Balaban J connectivity index is 1.79. The number of aromatic amines is 1. The van der Waals surface area contributed by atoms with E-state index in [1.807, 2.05) is 76.4 Å². The molecule has 0 aliphatic rings. The summed E-state index contributed by atoms with van der Waals surface area (Å²) in [6.07, 6.45) is 1.63. The second-order valence-corrected chi connectivity index (χ2v) is 8.04. The Morgan fingerprint density at radius 3 is 2.57 bits per heavy atom. The Hall–Kier alpha value is -3.28. The third-order valence-corrected chi connectivity index (χ3v) is 5.03. The fourth-order valence-electron chi connectivity index (χ4n) is 3.20. The smallest absolute Gasteiger partial charge is 0.407 e. The molecule has 1 atom stereocenters. The largest absolute Gasteiger partial charge is 0.449 e. The molecule has 2 aromatic carbocycles. The quantitative estimate of drug-likeness (QED) is 0.530. The van der Waals surface area contributed by atoms with Gasteiger partial charge < -0.3 is 20.4 Å². The molecule has 0 saturated carbocycles. The molecule has 3 N–H and O–H groups in total. The number of amides is 2. The van der Waals surface area contributed by atoms with Gasteiger partial charge in [0, 0.05) is 29.2 Å². The number of anilines is 1. The summed E-state index contributed by atoms with van der Waals surface area (Å²) in [5, 5.41) is 6.68. The number of rotatable bonds is 7. The summed E-state index contributed by atoms with van der Waals surface area (Å²) in [5.41, 5.74) is 4.88. The minimum Gasteiger partial charge on any atom is -0.449 e. The van der Waals surface area contributed by atoms with Crippen molar-refractivity contribution >= 4 is 28.6 Å². The first-order valence-electron chi connectivity index (χ1n) is 10.2. The van der Waals surface area contributed by atoms with Gasteiger partial charge in [0.2, 0.25) is 5.91 Å². The van der Waals surface area contributed by atoms with Crippen LogP contribution in [0.15, 0.2) is 48.7 Å². The summed E-state index contributed by atoms with van der Waals surface area (Å²) < 4.78 is 5.24. The van der Waals surface area contributed by atoms with E-state index in [1.165, 1.54) is 0 Å². The number of aryl methyl sites for hydroxylation is 2. The number of carbonyl (C=O) groups excluding carboxylic acids is 2. The molecule has 1 heterocycles. The van der Waals surface area contributed by atoms with Gasteiger partial charge in [-0.15, -0.1) is 0 Å². The van der Waals surface area contributed by atoms with Gasteiger partial charge in [0.15, 0.2) is 0 Å². The van der Waals surface area contributed by atoms with Gasteiger partial charge in [0.25, 0.3) is 0 Å². The van der Waals surface area contributed by atoms with Crippen LogP contribution in [0, 0.1) is 19.8 Å². The van der Waals surface area contributed by atoms with E-state index in [0.717, 1.165) is 27.6 Å². The zero-order valence-electron chi connectivity index (χ0n) is 17.9. The van der Waals surface area contributed by atoms with Crippen LogP contribution in [0.4, 0.5) is 10.5 Å². The van der Waals surface area contributed by atoms with Crippen LogP contribution >= 0.6 is 0 Å². The number of aromatic nitrogens is 1. The van der Waals surface area contributed by atoms with Gasteiger partial charge in [0.1, 0.15) is 6.04 Å². The number of benzene rings is 2. The van der Waals surface area contributed by atoms with Crippen LogP contribution < -0.4 is 10.6 Å². The van der Waals surface area contributed by atoms with Gasteiger partial charge in [-0.3, -0.25) is 4.79 Å². The van der Waals surface area contributed by atoms with E-state index >= 15 is 0 Å². The third kappa shape index (κ3) is 5.41. The van der Waals surface area contributed by atoms with E-state index in [0.29, 0.717) is 18.7 Å². The molecule has 0 spiro atoms. The zero-order valence-corrected chi connectivity index (χ0v) is 17.9. The number of hydrogen-bond donors (Lipinski definition) is 3. The monoisotopic (exact) mass is 407 g/mol. The minimum atomic E-state index is -0.773. The lowest BCUT2D eigenvalue weighted by molar-refractivity contribution is -0.118. The van der Waals surface area contributed by atoms with Crippen LogP contribution in [-0.2, 0) is 16.0 Å². The highest BCUT2D eigenvalue weighted by Crippen LogP contribution is 2.20. The van der Waals surface area contributed by atoms with Gasteiger partial charge in [-0.2, -0.15) is 0 Å². The maximum absolute atomic E-state index is 13.1. The number of hydrogen-bond acceptors (Lipinski definition) is 3. The normalized spacial score (nSPS) is 12.0. The van der Waals surface area contributed by atoms with Crippen molar-refractivity contribution in [3.8, 4) is 0 Å². The first-order chi connectivity index (χ1) is 14.3. The van der Waals surface area contributed by atoms with Crippen LogP contribution in [0.3, 0.4) is 0 Å². The lowest BCUT2D eigenvalue weighted by atomic mass is 10.0. The van der Waals surface area contributed by atoms with Crippen molar-refractivity contribution in [2.24, 2.45) is 5.92 Å². The molecule has 158 valence electrons. The van der Waals surface area contributed by atoms with E-state index in [-0.39, 0.29) is 11.8 Å². The number of fused-ring (bicyclic) bond motifs is 1. The molecule has 2 amide bonds. The van der Waals surface area contributed by atoms with Crippen molar-refractivity contribution in [2.45, 2.75) is 40.2 Å². The Morgan fingerprint density at radius 1 is 1.07 bits per heavy atom. The SMILES string of the molecule is Cc1ccc(NC(=O)[C@@H](Cc2c[nH]c3ccccc23)NC(=O)OCC(C)C)cc1C. The average molecular weight is 408 g/mol. The highest BCUT2D eigenvalue weighted by atomic mass is 16.5. The number of nitrogens with one attached hydrogen (secondary N) is 3. The summed E-state index contributed by atoms with van der Waals surface area (Å²) in [6.45, 7) is 8.24. The minimum absolute atomic E-state index is 0.215. The van der Waals surface area contributed by atoms with Crippen molar-refractivity contribution in [2.75, 3.05) is 11.9 Å². The molecule has 6 nitrogen and oxygen atoms in total. The lowest BCUT2D eigenvalue weighted by Crippen LogP contribution is -2.45. The predicted octanol–water partition coefficient (Wildman–Crippen LogP) is 4.72. The fraction of sp³-hybridized carbons (Fsp3) is 0.333. The molecule has 0 saturated heterocycles. The maximum Gasteiger partial charge on any atom is 0.407 e. The number of ether oxygens (including phenoxy) is 1. The molecule has 0 fully saturated rings. The first-order valence-corrected chi connectivity index (χ1v) is 10.2. The summed E-state index contributed by atoms with van der Waals surface area (Å²) in [7, 11) is 0. The number of alkyl carbamates (subject to hydrolysis) is 1. The number of carbonyl (C=O) groups is 2. The summed E-state index contributed by atoms with van der Waals surface area (Å²) in [6, 6.07) is 12.9. The van der Waals surface area contributed by atoms with E-state index in [9.17, 15) is 9.59 Å². The molecule has 30 heavy (non-hydrogen) atoms. The third-order valence-electron chi connectivity index (χ3n) is 5.03. The molecule has 0 aliphatic carbocycles. The van der Waals surface area contributed by atoms with Gasteiger partial charge in [-0.25, -0.2) is 4.79 Å². The first kappa shape index (κ1) is 21.4. The van der Waals surface area contributed by atoms with E-state index in [4.69, 9.17) is 4.74 Å². The van der Waals surface area contributed by atoms with Crippen LogP contribution in [0.2, 0.25) is 0 Å². The molecule has 1 aromatic heterocycles. The standard InChI is InChI=1S/C24H29N3O3/c1-15(2)14-30-24(29)27-22(12-18-13-25-21-8-6-5-7-20(18)21)23(28)26-19-10-9-16(3)17(4)11-19/h5-11,13,15,22,25H,12,14H2,1-4H3,(H,26,28)(H,27,29)/t22-/m1/s1. The molecular weight excluding hydrogens is 378 g/mol. The van der Waals surface area contributed by atoms with Crippen LogP contribution in [0.1, 0.15) is 30.5 Å². The van der Waals surface area contributed by atoms with Crippen LogP contribution in [-0.4, -0.2) is 29.6 Å². The topological polar surface area (TPSA) is 83.2 Å². The molecule has 3 rings (SSSR count). The van der Waals surface area contributed by atoms with Crippen molar-refractivity contribution < 1.29 is 14.3 Å². The lowest BCUT2D eigenvalue weighted by Gasteiger charge is -2.19. The highest BCUT2D eigenvalue weighted by molar-refractivity contribution is 5.97. The second-order valence-electron chi connectivity index (χ2n) is 8.04. The molecule has 6 heteroatoms. The van der Waals surface area contributed by atoms with Crippen molar-refractivity contribution in [1.82, 2.24) is 10.3 Å². The van der Waals surface area contributed by atoms with Crippen LogP contribution in [0.25, 0.3) is 10.9 Å². The van der Waals surface area contributed by atoms with Crippen molar-refractivity contribution in [3.63, 3.8) is 0 Å².